The molecular formula is C16H14FN5. The van der Waals surface area contributed by atoms with Crippen LogP contribution in [0.5, 0.6) is 0 Å². The number of halogens is 1. The summed E-state index contributed by atoms with van der Waals surface area (Å²) in [6, 6.07) is 10.2. The van der Waals surface area contributed by atoms with Crippen LogP contribution in [-0.2, 0) is 6.54 Å². The molecule has 0 atom stereocenters. The highest BCUT2D eigenvalue weighted by atomic mass is 19.1. The van der Waals surface area contributed by atoms with E-state index in [1.165, 1.54) is 6.07 Å². The summed E-state index contributed by atoms with van der Waals surface area (Å²) in [5.74, 6) is 0.274. The van der Waals surface area contributed by atoms with Crippen LogP contribution in [0.3, 0.4) is 0 Å². The number of aromatic nitrogens is 4. The second kappa shape index (κ2) is 6.26. The van der Waals surface area contributed by atoms with Crippen LogP contribution in [0.25, 0.3) is 11.5 Å². The van der Waals surface area contributed by atoms with Crippen LogP contribution in [0.15, 0.2) is 53.8 Å². The van der Waals surface area contributed by atoms with Crippen LogP contribution in [-0.4, -0.2) is 33.0 Å². The van der Waals surface area contributed by atoms with Crippen molar-refractivity contribution >= 4 is 6.21 Å². The number of hydrogen-bond donors (Lipinski definition) is 0. The minimum Gasteiger partial charge on any atom is -0.294 e. The Morgan fingerprint density at radius 1 is 1.18 bits per heavy atom. The highest BCUT2D eigenvalue weighted by Gasteiger charge is 2.11. The van der Waals surface area contributed by atoms with E-state index in [4.69, 9.17) is 0 Å². The first-order valence-electron chi connectivity index (χ1n) is 6.79. The van der Waals surface area contributed by atoms with E-state index in [0.717, 1.165) is 5.69 Å². The third-order valence-corrected chi connectivity index (χ3v) is 3.15. The maximum Gasteiger partial charge on any atom is 0.180 e. The van der Waals surface area contributed by atoms with Gasteiger partial charge >= 0.3 is 0 Å². The van der Waals surface area contributed by atoms with E-state index in [1.807, 2.05) is 6.07 Å². The SMILES string of the molecule is CN=Cc1cc(-c2ncccn2)nn1Cc1ccccc1F. The Bertz CT molecular complexity index is 795. The third kappa shape index (κ3) is 2.90. The molecule has 3 aromatic rings. The molecule has 2 aromatic heterocycles. The maximum absolute atomic E-state index is 13.8. The molecule has 3 rings (SSSR count). The van der Waals surface area contributed by atoms with Crippen molar-refractivity contribution in [3.63, 3.8) is 0 Å². The molecule has 0 bridgehead atoms. The summed E-state index contributed by atoms with van der Waals surface area (Å²) in [6.45, 7) is 0.320. The number of rotatable bonds is 4. The molecule has 0 saturated heterocycles. The van der Waals surface area contributed by atoms with Crippen LogP contribution < -0.4 is 0 Å². The standard InChI is InChI=1S/C16H14FN5/c1-18-10-13-9-15(16-19-7-4-8-20-16)21-22(13)11-12-5-2-3-6-14(12)17/h2-10H,11H2,1H3. The minimum absolute atomic E-state index is 0.255. The Hall–Kier alpha value is -2.89. The molecule has 22 heavy (non-hydrogen) atoms. The van der Waals surface area contributed by atoms with Gasteiger partial charge in [-0.25, -0.2) is 14.4 Å². The first-order chi connectivity index (χ1) is 10.8. The zero-order valence-electron chi connectivity index (χ0n) is 12.0. The summed E-state index contributed by atoms with van der Waals surface area (Å²) < 4.78 is 15.5. The van der Waals surface area contributed by atoms with Gasteiger partial charge in [0.2, 0.25) is 0 Å². The van der Waals surface area contributed by atoms with Crippen LogP contribution >= 0.6 is 0 Å². The fourth-order valence-corrected chi connectivity index (χ4v) is 2.12. The van der Waals surface area contributed by atoms with E-state index >= 15 is 0 Å². The predicted molar refractivity (Wildman–Crippen MR) is 82.3 cm³/mol. The summed E-state index contributed by atoms with van der Waals surface area (Å²) in [5, 5.41) is 4.47. The molecule has 5 nitrogen and oxygen atoms in total. The minimum atomic E-state index is -0.255. The topological polar surface area (TPSA) is 56.0 Å². The Balaban J connectivity index is 2.00. The van der Waals surface area contributed by atoms with Gasteiger partial charge in [-0.2, -0.15) is 5.10 Å². The number of aliphatic imine (C=N–C) groups is 1. The van der Waals surface area contributed by atoms with Crippen molar-refractivity contribution < 1.29 is 4.39 Å². The van der Waals surface area contributed by atoms with Gasteiger partial charge in [0.1, 0.15) is 11.5 Å². The van der Waals surface area contributed by atoms with Gasteiger partial charge in [-0.05, 0) is 18.2 Å². The molecule has 0 saturated carbocycles. The Morgan fingerprint density at radius 2 is 1.95 bits per heavy atom. The molecule has 0 fully saturated rings. The molecule has 6 heteroatoms. The second-order valence-electron chi connectivity index (χ2n) is 4.66. The highest BCUT2D eigenvalue weighted by Crippen LogP contribution is 2.16. The largest absolute Gasteiger partial charge is 0.294 e. The lowest BCUT2D eigenvalue weighted by atomic mass is 10.2. The molecule has 0 amide bonds. The monoisotopic (exact) mass is 295 g/mol. The Morgan fingerprint density at radius 3 is 2.68 bits per heavy atom. The highest BCUT2D eigenvalue weighted by molar-refractivity contribution is 5.79. The predicted octanol–water partition coefficient (Wildman–Crippen LogP) is 2.58. The van der Waals surface area contributed by atoms with Gasteiger partial charge in [0.25, 0.3) is 0 Å². The van der Waals surface area contributed by atoms with E-state index in [-0.39, 0.29) is 5.82 Å². The van der Waals surface area contributed by atoms with Gasteiger partial charge in [0, 0.05) is 31.2 Å². The fraction of sp³-hybridized carbons (Fsp3) is 0.125. The average Bonchev–Trinajstić information content (AvgIpc) is 2.94. The zero-order valence-corrected chi connectivity index (χ0v) is 12.0. The van der Waals surface area contributed by atoms with Gasteiger partial charge in [-0.3, -0.25) is 9.67 Å². The average molecular weight is 295 g/mol. The lowest BCUT2D eigenvalue weighted by Gasteiger charge is -2.05. The molecule has 0 aliphatic heterocycles. The molecule has 0 spiro atoms. The maximum atomic E-state index is 13.8. The number of benzene rings is 1. The first-order valence-corrected chi connectivity index (χ1v) is 6.79. The van der Waals surface area contributed by atoms with Crippen molar-refractivity contribution in [2.75, 3.05) is 7.05 Å². The van der Waals surface area contributed by atoms with Crippen molar-refractivity contribution in [1.29, 1.82) is 0 Å². The molecule has 0 N–H and O–H groups in total. The molecule has 0 unspecified atom stereocenters. The first kappa shape index (κ1) is 14.1. The van der Waals surface area contributed by atoms with E-state index in [2.05, 4.69) is 20.1 Å². The van der Waals surface area contributed by atoms with Crippen LogP contribution in [0.2, 0.25) is 0 Å². The van der Waals surface area contributed by atoms with Crippen LogP contribution in [0.4, 0.5) is 4.39 Å². The number of nitrogens with zero attached hydrogens (tertiary/aromatic N) is 5. The smallest absolute Gasteiger partial charge is 0.180 e. The molecule has 0 radical (unpaired) electrons. The lowest BCUT2D eigenvalue weighted by molar-refractivity contribution is 0.584. The van der Waals surface area contributed by atoms with Crippen molar-refractivity contribution in [2.24, 2.45) is 4.99 Å². The Kier molecular flexibility index (Phi) is 4.00. The molecule has 0 aliphatic carbocycles. The molecule has 1 aromatic carbocycles. The summed E-state index contributed by atoms with van der Waals surface area (Å²) in [5.41, 5.74) is 1.97. The summed E-state index contributed by atoms with van der Waals surface area (Å²) >= 11 is 0. The van der Waals surface area contributed by atoms with E-state index < -0.39 is 0 Å². The van der Waals surface area contributed by atoms with Crippen molar-refractivity contribution in [3.8, 4) is 11.5 Å². The van der Waals surface area contributed by atoms with Crippen molar-refractivity contribution in [1.82, 2.24) is 19.7 Å². The van der Waals surface area contributed by atoms with Gasteiger partial charge in [-0.15, -0.1) is 0 Å². The summed E-state index contributed by atoms with van der Waals surface area (Å²) in [6.07, 6.45) is 5.00. The number of hydrogen-bond acceptors (Lipinski definition) is 4. The normalized spacial score (nSPS) is 11.2. The second-order valence-corrected chi connectivity index (χ2v) is 4.66. The van der Waals surface area contributed by atoms with Gasteiger partial charge in [-0.1, -0.05) is 18.2 Å². The van der Waals surface area contributed by atoms with Crippen molar-refractivity contribution in [2.45, 2.75) is 6.54 Å². The summed E-state index contributed by atoms with van der Waals surface area (Å²) in [4.78, 5) is 12.4. The van der Waals surface area contributed by atoms with E-state index in [0.29, 0.717) is 23.6 Å². The summed E-state index contributed by atoms with van der Waals surface area (Å²) in [7, 11) is 1.68. The third-order valence-electron chi connectivity index (χ3n) is 3.15. The van der Waals surface area contributed by atoms with Crippen molar-refractivity contribution in [3.05, 3.63) is 65.9 Å². The van der Waals surface area contributed by atoms with E-state index in [1.54, 1.807) is 54.6 Å². The molecule has 2 heterocycles. The van der Waals surface area contributed by atoms with E-state index in [9.17, 15) is 4.39 Å². The molecule has 110 valence electrons. The zero-order chi connectivity index (χ0) is 15.4. The molecular weight excluding hydrogens is 281 g/mol. The quantitative estimate of drug-likeness (QED) is 0.695. The van der Waals surface area contributed by atoms with Crippen LogP contribution in [0.1, 0.15) is 11.3 Å². The van der Waals surface area contributed by atoms with Gasteiger partial charge in [0.05, 0.1) is 12.2 Å². The van der Waals surface area contributed by atoms with Gasteiger partial charge < -0.3 is 0 Å². The fourth-order valence-electron chi connectivity index (χ4n) is 2.12. The molecule has 0 aliphatic rings. The van der Waals surface area contributed by atoms with Gasteiger partial charge in [0.15, 0.2) is 5.82 Å². The Labute approximate surface area is 127 Å². The lowest BCUT2D eigenvalue weighted by Crippen LogP contribution is -2.07. The van der Waals surface area contributed by atoms with Crippen LogP contribution in [0, 0.1) is 5.82 Å².